The summed E-state index contributed by atoms with van der Waals surface area (Å²) in [5.74, 6) is 1.83. The lowest BCUT2D eigenvalue weighted by atomic mass is 9.93. The number of rotatable bonds is 7. The van der Waals surface area contributed by atoms with Gasteiger partial charge in [0.1, 0.15) is 18.1 Å². The van der Waals surface area contributed by atoms with Crippen molar-refractivity contribution in [3.63, 3.8) is 0 Å². The zero-order chi connectivity index (χ0) is 20.8. The molecule has 2 atom stereocenters. The summed E-state index contributed by atoms with van der Waals surface area (Å²) < 4.78 is 11.0. The molecule has 7 heteroatoms. The van der Waals surface area contributed by atoms with Crippen LogP contribution in [0.5, 0.6) is 11.5 Å². The topological polar surface area (TPSA) is 66.1 Å². The minimum Gasteiger partial charge on any atom is -0.497 e. The number of hydrazine groups is 1. The van der Waals surface area contributed by atoms with Crippen LogP contribution in [0, 0.1) is 5.92 Å². The molecule has 0 saturated carbocycles. The molecule has 4 rings (SSSR count). The van der Waals surface area contributed by atoms with Crippen LogP contribution >= 0.6 is 0 Å². The molecule has 2 saturated heterocycles. The highest BCUT2D eigenvalue weighted by Gasteiger charge is 2.37. The molecule has 2 aromatic carbocycles. The summed E-state index contributed by atoms with van der Waals surface area (Å²) in [5, 5.41) is 0. The monoisotopic (exact) mass is 410 g/mol. The molecule has 2 fully saturated rings. The standard InChI is InChI=1S/C23H30N4O3/c1-29-19-7-9-20(10-8-19)30-16-15-26-11-13-27(14-12-26)23(28)21-17-24-25-22(21)18-5-3-2-4-6-18/h2-10,21-22,24-25H,11-17H2,1H3. The second-order valence-corrected chi connectivity index (χ2v) is 7.71. The third kappa shape index (κ3) is 4.92. The molecule has 0 spiro atoms. The maximum atomic E-state index is 13.1. The summed E-state index contributed by atoms with van der Waals surface area (Å²) in [4.78, 5) is 17.5. The summed E-state index contributed by atoms with van der Waals surface area (Å²) in [6.45, 7) is 5.43. The molecule has 2 aliphatic heterocycles. The Bertz CT molecular complexity index is 807. The fourth-order valence-electron chi connectivity index (χ4n) is 4.09. The number of benzene rings is 2. The average molecular weight is 411 g/mol. The lowest BCUT2D eigenvalue weighted by Gasteiger charge is -2.36. The maximum Gasteiger partial charge on any atom is 0.229 e. The summed E-state index contributed by atoms with van der Waals surface area (Å²) >= 11 is 0. The van der Waals surface area contributed by atoms with E-state index in [1.54, 1.807) is 7.11 Å². The van der Waals surface area contributed by atoms with Gasteiger partial charge in [-0.05, 0) is 29.8 Å². The van der Waals surface area contributed by atoms with E-state index in [0.29, 0.717) is 13.2 Å². The Morgan fingerprint density at radius 2 is 1.70 bits per heavy atom. The minimum absolute atomic E-state index is 0.0228. The van der Waals surface area contributed by atoms with Crippen molar-refractivity contribution in [2.75, 3.05) is 53.0 Å². The van der Waals surface area contributed by atoms with E-state index < -0.39 is 0 Å². The minimum atomic E-state index is -0.0719. The van der Waals surface area contributed by atoms with Gasteiger partial charge < -0.3 is 14.4 Å². The Morgan fingerprint density at radius 3 is 2.40 bits per heavy atom. The lowest BCUT2D eigenvalue weighted by molar-refractivity contribution is -0.137. The van der Waals surface area contributed by atoms with Crippen molar-refractivity contribution >= 4 is 5.91 Å². The van der Waals surface area contributed by atoms with Crippen molar-refractivity contribution in [1.82, 2.24) is 20.7 Å². The fourth-order valence-corrected chi connectivity index (χ4v) is 4.09. The van der Waals surface area contributed by atoms with Gasteiger partial charge in [-0.1, -0.05) is 30.3 Å². The van der Waals surface area contributed by atoms with Gasteiger partial charge in [0.25, 0.3) is 0 Å². The van der Waals surface area contributed by atoms with Crippen LogP contribution in [0.25, 0.3) is 0 Å². The molecular formula is C23H30N4O3. The fraction of sp³-hybridized carbons (Fsp3) is 0.435. The quantitative estimate of drug-likeness (QED) is 0.724. The number of hydrogen-bond donors (Lipinski definition) is 2. The summed E-state index contributed by atoms with van der Waals surface area (Å²) in [7, 11) is 1.65. The molecule has 30 heavy (non-hydrogen) atoms. The van der Waals surface area contributed by atoms with Gasteiger partial charge in [0, 0.05) is 39.3 Å². The number of carbonyl (C=O) groups is 1. The van der Waals surface area contributed by atoms with Crippen molar-refractivity contribution in [2.45, 2.75) is 6.04 Å². The summed E-state index contributed by atoms with van der Waals surface area (Å²) in [6.07, 6.45) is 0. The van der Waals surface area contributed by atoms with Crippen molar-refractivity contribution < 1.29 is 14.3 Å². The van der Waals surface area contributed by atoms with Crippen LogP contribution in [0.15, 0.2) is 54.6 Å². The van der Waals surface area contributed by atoms with Crippen LogP contribution in [0.3, 0.4) is 0 Å². The van der Waals surface area contributed by atoms with Gasteiger partial charge in [-0.25, -0.2) is 5.43 Å². The number of hydrogen-bond acceptors (Lipinski definition) is 6. The molecule has 0 radical (unpaired) electrons. The van der Waals surface area contributed by atoms with Crippen LogP contribution in [0.2, 0.25) is 0 Å². The Labute approximate surface area is 177 Å². The number of piperazine rings is 1. The Balaban J connectivity index is 1.22. The normalized spacial score (nSPS) is 22.1. The first-order valence-corrected chi connectivity index (χ1v) is 10.6. The van der Waals surface area contributed by atoms with Crippen LogP contribution in [0.1, 0.15) is 11.6 Å². The number of ether oxygens (including phenoxy) is 2. The van der Waals surface area contributed by atoms with Gasteiger partial charge in [0.05, 0.1) is 19.1 Å². The molecule has 2 aliphatic rings. The number of methoxy groups -OCH3 is 1. The lowest BCUT2D eigenvalue weighted by Crippen LogP contribution is -2.51. The van der Waals surface area contributed by atoms with E-state index in [-0.39, 0.29) is 17.9 Å². The first kappa shape index (κ1) is 20.7. The molecule has 2 aromatic rings. The highest BCUT2D eigenvalue weighted by molar-refractivity contribution is 5.80. The molecule has 7 nitrogen and oxygen atoms in total. The van der Waals surface area contributed by atoms with E-state index in [1.165, 1.54) is 0 Å². The molecule has 160 valence electrons. The summed E-state index contributed by atoms with van der Waals surface area (Å²) in [5.41, 5.74) is 7.59. The number of nitrogens with one attached hydrogen (secondary N) is 2. The molecule has 2 unspecified atom stereocenters. The van der Waals surface area contributed by atoms with E-state index in [2.05, 4.69) is 27.9 Å². The van der Waals surface area contributed by atoms with E-state index in [0.717, 1.165) is 49.8 Å². The van der Waals surface area contributed by atoms with Gasteiger partial charge in [-0.3, -0.25) is 15.1 Å². The Hall–Kier alpha value is -2.61. The first-order valence-electron chi connectivity index (χ1n) is 10.6. The van der Waals surface area contributed by atoms with Crippen molar-refractivity contribution in [3.05, 3.63) is 60.2 Å². The molecule has 0 aliphatic carbocycles. The molecule has 1 amide bonds. The third-order valence-electron chi connectivity index (χ3n) is 5.88. The number of carbonyl (C=O) groups excluding carboxylic acids is 1. The zero-order valence-corrected chi connectivity index (χ0v) is 17.4. The highest BCUT2D eigenvalue weighted by atomic mass is 16.5. The predicted octanol–water partition coefficient (Wildman–Crippen LogP) is 1.68. The maximum absolute atomic E-state index is 13.1. The van der Waals surface area contributed by atoms with E-state index in [4.69, 9.17) is 9.47 Å². The van der Waals surface area contributed by atoms with Gasteiger partial charge in [-0.2, -0.15) is 0 Å². The molecular weight excluding hydrogens is 380 g/mol. The second kappa shape index (κ2) is 9.93. The van der Waals surface area contributed by atoms with Gasteiger partial charge in [0.2, 0.25) is 5.91 Å². The highest BCUT2D eigenvalue weighted by Crippen LogP contribution is 2.26. The SMILES string of the molecule is COc1ccc(OCCN2CCN(C(=O)C3CNNC3c3ccccc3)CC2)cc1. The Kier molecular flexibility index (Phi) is 6.84. The zero-order valence-electron chi connectivity index (χ0n) is 17.4. The van der Waals surface area contributed by atoms with E-state index in [9.17, 15) is 4.79 Å². The Morgan fingerprint density at radius 1 is 1.00 bits per heavy atom. The smallest absolute Gasteiger partial charge is 0.229 e. The first-order chi connectivity index (χ1) is 14.7. The third-order valence-corrected chi connectivity index (χ3v) is 5.88. The van der Waals surface area contributed by atoms with Gasteiger partial charge >= 0.3 is 0 Å². The molecule has 0 aromatic heterocycles. The second-order valence-electron chi connectivity index (χ2n) is 7.71. The van der Waals surface area contributed by atoms with E-state index in [1.807, 2.05) is 47.4 Å². The molecule has 0 bridgehead atoms. The average Bonchev–Trinajstić information content (AvgIpc) is 3.30. The largest absolute Gasteiger partial charge is 0.497 e. The van der Waals surface area contributed by atoms with Crippen molar-refractivity contribution in [2.24, 2.45) is 5.92 Å². The van der Waals surface area contributed by atoms with E-state index >= 15 is 0 Å². The van der Waals surface area contributed by atoms with Crippen LogP contribution < -0.4 is 20.3 Å². The molecule has 2 N–H and O–H groups in total. The van der Waals surface area contributed by atoms with Crippen LogP contribution in [-0.4, -0.2) is 68.7 Å². The van der Waals surface area contributed by atoms with Crippen molar-refractivity contribution in [1.29, 1.82) is 0 Å². The van der Waals surface area contributed by atoms with Crippen LogP contribution in [-0.2, 0) is 4.79 Å². The number of amides is 1. The van der Waals surface area contributed by atoms with Crippen LogP contribution in [0.4, 0.5) is 0 Å². The van der Waals surface area contributed by atoms with Gasteiger partial charge in [0.15, 0.2) is 0 Å². The summed E-state index contributed by atoms with van der Waals surface area (Å²) in [6, 6.07) is 17.8. The molecule has 2 heterocycles. The van der Waals surface area contributed by atoms with Crippen molar-refractivity contribution in [3.8, 4) is 11.5 Å². The number of nitrogens with zero attached hydrogens (tertiary/aromatic N) is 2. The van der Waals surface area contributed by atoms with Gasteiger partial charge in [-0.15, -0.1) is 0 Å². The predicted molar refractivity (Wildman–Crippen MR) is 115 cm³/mol.